The molecule has 0 aliphatic heterocycles. The van der Waals surface area contributed by atoms with E-state index >= 15 is 0 Å². The molecule has 5 aromatic rings. The quantitative estimate of drug-likeness (QED) is 0.0365. The van der Waals surface area contributed by atoms with E-state index in [0.717, 1.165) is 34.8 Å². The van der Waals surface area contributed by atoms with Crippen molar-refractivity contribution >= 4 is 16.4 Å². The summed E-state index contributed by atoms with van der Waals surface area (Å²) in [6.45, 7) is 14.5. The standard InChI is InChI=1S/C16H36N.2C11H8N.C7H7NO6S.Ir/c1-5-9-13-17(14-10-6-2,15-11-7-3)16-12-8-4;2*1-2-6-10(7-3-1)11-8-4-5-9-12-11;9-7(10)6-3-5(1-2-8-6)4-14-15(11,12)13;/h5-16H2,1-4H3;2*1-6,8-9H;1-3H,4H2,(H,9,10)(H,11,12,13);/q+1;2*-1;;+3/p-2. The van der Waals surface area contributed by atoms with E-state index in [4.69, 9.17) is 0 Å². The number of pyridine rings is 3. The molecule has 57 heavy (non-hydrogen) atoms. The Bertz CT molecular complexity index is 1670. The molecule has 0 radical (unpaired) electrons. The maximum atomic E-state index is 10.4. The van der Waals surface area contributed by atoms with Crippen molar-refractivity contribution in [1.82, 2.24) is 15.0 Å². The Hall–Kier alpha value is -4.16. The largest absolute Gasteiger partial charge is 3.00 e. The van der Waals surface area contributed by atoms with Crippen molar-refractivity contribution in [3.05, 3.63) is 139 Å². The molecule has 2 aromatic carbocycles. The molecular weight excluding hydrogens is 917 g/mol. The second-order valence-corrected chi connectivity index (χ2v) is 14.2. The first-order chi connectivity index (χ1) is 27.1. The Balaban J connectivity index is 0.000000380. The van der Waals surface area contributed by atoms with Crippen LogP contribution in [0.4, 0.5) is 0 Å². The minimum atomic E-state index is -4.79. The SMILES string of the molecule is CCCC[N+](CCCC)(CCCC)CCCC.O=C([O-])c1cc(COS(=O)(=O)[O-])ccn1.[Ir+3].[c-]1ccccc1-c1ccccn1.[c-]1ccccc1-c1ccccn1. The Morgan fingerprint density at radius 2 is 1.09 bits per heavy atom. The van der Waals surface area contributed by atoms with Crippen LogP contribution in [-0.4, -0.2) is 64.6 Å². The number of rotatable bonds is 18. The fourth-order valence-electron chi connectivity index (χ4n) is 5.61. The third-order valence-electron chi connectivity index (χ3n) is 8.65. The van der Waals surface area contributed by atoms with E-state index < -0.39 is 23.0 Å². The van der Waals surface area contributed by atoms with Gasteiger partial charge in [-0.3, -0.25) is 9.17 Å². The van der Waals surface area contributed by atoms with Crippen LogP contribution >= 0.6 is 0 Å². The number of carbonyl (C=O) groups excluding carboxylic acids is 1. The molecule has 10 nitrogen and oxygen atoms in total. The molecule has 308 valence electrons. The van der Waals surface area contributed by atoms with Crippen LogP contribution in [0.5, 0.6) is 0 Å². The van der Waals surface area contributed by atoms with Gasteiger partial charge in [0.15, 0.2) is 0 Å². The van der Waals surface area contributed by atoms with Gasteiger partial charge in [-0.1, -0.05) is 77.6 Å². The van der Waals surface area contributed by atoms with E-state index in [1.165, 1.54) is 88.1 Å². The van der Waals surface area contributed by atoms with Crippen LogP contribution in [-0.2, 0) is 41.3 Å². The predicted octanol–water partition coefficient (Wildman–Crippen LogP) is 8.52. The Morgan fingerprint density at radius 3 is 1.42 bits per heavy atom. The van der Waals surface area contributed by atoms with Gasteiger partial charge in [-0.05, 0) is 66.9 Å². The normalized spacial score (nSPS) is 10.6. The van der Waals surface area contributed by atoms with Crippen LogP contribution in [0.25, 0.3) is 22.5 Å². The van der Waals surface area contributed by atoms with Crippen LogP contribution in [0.3, 0.4) is 0 Å². The van der Waals surface area contributed by atoms with Crippen molar-refractivity contribution in [2.45, 2.75) is 85.7 Å². The monoisotopic (exact) mass is 974 g/mol. The molecule has 0 amide bonds. The smallest absolute Gasteiger partial charge is 0.726 e. The molecule has 3 heterocycles. The zero-order chi connectivity index (χ0) is 40.9. The zero-order valence-electron chi connectivity index (χ0n) is 33.6. The van der Waals surface area contributed by atoms with Gasteiger partial charge in [0, 0.05) is 18.6 Å². The van der Waals surface area contributed by atoms with Crippen LogP contribution in [0.2, 0.25) is 0 Å². The van der Waals surface area contributed by atoms with Gasteiger partial charge in [0.2, 0.25) is 10.4 Å². The Morgan fingerprint density at radius 1 is 0.649 bits per heavy atom. The number of carbonyl (C=O) groups is 1. The van der Waals surface area contributed by atoms with E-state index in [-0.39, 0.29) is 31.4 Å². The number of hydrogen-bond acceptors (Lipinski definition) is 9. The molecule has 0 aliphatic rings. The molecule has 12 heteroatoms. The first kappa shape index (κ1) is 50.9. The molecule has 3 aromatic heterocycles. The summed E-state index contributed by atoms with van der Waals surface area (Å²) in [6, 6.07) is 36.0. The van der Waals surface area contributed by atoms with Crippen molar-refractivity contribution in [2.75, 3.05) is 26.2 Å². The van der Waals surface area contributed by atoms with Crippen LogP contribution in [0.1, 0.15) is 95.1 Å². The number of unbranched alkanes of at least 4 members (excludes halogenated alkanes) is 4. The number of benzene rings is 2. The van der Waals surface area contributed by atoms with E-state index in [1.807, 2.05) is 84.9 Å². The minimum Gasteiger partial charge on any atom is -0.726 e. The molecule has 0 fully saturated rings. The first-order valence-electron chi connectivity index (χ1n) is 19.4. The number of aromatic carboxylic acids is 1. The molecule has 5 rings (SSSR count). The average Bonchev–Trinajstić information content (AvgIpc) is 3.24. The topological polar surface area (TPSA) is 145 Å². The molecule has 0 saturated carbocycles. The molecule has 0 N–H and O–H groups in total. The van der Waals surface area contributed by atoms with Crippen molar-refractivity contribution in [1.29, 1.82) is 0 Å². The molecule has 0 unspecified atom stereocenters. The fourth-order valence-corrected chi connectivity index (χ4v) is 5.89. The van der Waals surface area contributed by atoms with Crippen molar-refractivity contribution < 1.29 is 51.6 Å². The second-order valence-electron chi connectivity index (χ2n) is 13.1. The van der Waals surface area contributed by atoms with Crippen LogP contribution < -0.4 is 5.11 Å². The average molecular weight is 974 g/mol. The van der Waals surface area contributed by atoms with Crippen molar-refractivity contribution in [3.63, 3.8) is 0 Å². The molecule has 0 spiro atoms. The number of carboxylic acids is 1. The van der Waals surface area contributed by atoms with Gasteiger partial charge >= 0.3 is 20.1 Å². The summed E-state index contributed by atoms with van der Waals surface area (Å²) in [5.41, 5.74) is 3.86. The summed E-state index contributed by atoms with van der Waals surface area (Å²) in [7, 11) is -4.79. The fraction of sp³-hybridized carbons (Fsp3) is 0.378. The number of hydrogen-bond donors (Lipinski definition) is 0. The van der Waals surface area contributed by atoms with E-state index in [0.29, 0.717) is 0 Å². The molecular formula is C45H57IrN4O6S. The second kappa shape index (κ2) is 30.0. The number of nitrogens with zero attached hydrogens (tertiary/aromatic N) is 4. The summed E-state index contributed by atoms with van der Waals surface area (Å²) in [4.78, 5) is 22.2. The van der Waals surface area contributed by atoms with Crippen molar-refractivity contribution in [3.8, 4) is 22.5 Å². The van der Waals surface area contributed by atoms with E-state index in [9.17, 15) is 22.9 Å². The van der Waals surface area contributed by atoms with Crippen LogP contribution in [0, 0.1) is 12.1 Å². The third kappa shape index (κ3) is 22.4. The summed E-state index contributed by atoms with van der Waals surface area (Å²) in [6.07, 6.45) is 15.8. The molecule has 0 aliphatic carbocycles. The van der Waals surface area contributed by atoms with Gasteiger partial charge in [0.1, 0.15) is 0 Å². The Labute approximate surface area is 354 Å². The maximum Gasteiger partial charge on any atom is 3.00 e. The van der Waals surface area contributed by atoms with Gasteiger partial charge in [-0.15, -0.1) is 71.8 Å². The van der Waals surface area contributed by atoms with Crippen LogP contribution in [0.15, 0.2) is 116 Å². The van der Waals surface area contributed by atoms with Gasteiger partial charge in [-0.25, -0.2) is 8.42 Å². The maximum absolute atomic E-state index is 10.4. The summed E-state index contributed by atoms with van der Waals surface area (Å²) >= 11 is 0. The summed E-state index contributed by atoms with van der Waals surface area (Å²) in [5.74, 6) is -1.50. The van der Waals surface area contributed by atoms with E-state index in [2.05, 4.69) is 59.0 Å². The summed E-state index contributed by atoms with van der Waals surface area (Å²) < 4.78 is 35.6. The number of quaternary nitrogens is 1. The van der Waals surface area contributed by atoms with E-state index in [1.54, 1.807) is 12.4 Å². The first-order valence-corrected chi connectivity index (χ1v) is 20.8. The van der Waals surface area contributed by atoms with Gasteiger partial charge in [0.25, 0.3) is 0 Å². The minimum absolute atomic E-state index is 0. The molecule has 0 saturated heterocycles. The van der Waals surface area contributed by atoms with Gasteiger partial charge in [-0.2, -0.15) is 0 Å². The molecule has 0 bridgehead atoms. The third-order valence-corrected chi connectivity index (χ3v) is 9.05. The number of aromatic nitrogens is 3. The van der Waals surface area contributed by atoms with Gasteiger partial charge < -0.3 is 28.9 Å². The predicted molar refractivity (Wildman–Crippen MR) is 219 cm³/mol. The Kier molecular flexibility index (Phi) is 26.8. The number of carboxylic acid groups (broad SMARTS) is 1. The van der Waals surface area contributed by atoms with Crippen molar-refractivity contribution in [2.24, 2.45) is 0 Å². The molecule has 0 atom stereocenters. The zero-order valence-corrected chi connectivity index (χ0v) is 36.9. The van der Waals surface area contributed by atoms with Gasteiger partial charge in [0.05, 0.1) is 44.4 Å². The summed E-state index contributed by atoms with van der Waals surface area (Å²) in [5, 5.41) is 10.4.